The largest absolute Gasteiger partial charge is 0.505 e. The second-order valence-electron chi connectivity index (χ2n) is 4.63. The standard InChI is InChI=1S/C17H17NO3/c1-4-16(19)18-15-10-11(2)9-14(17(15)20)12-5-7-13(21-3)8-6-12/h4-10,20H,1H2,2-3H3,(H,18,19). The van der Waals surface area contributed by atoms with E-state index in [4.69, 9.17) is 4.74 Å². The van der Waals surface area contributed by atoms with Gasteiger partial charge in [0, 0.05) is 5.56 Å². The fourth-order valence-corrected chi connectivity index (χ4v) is 2.05. The van der Waals surface area contributed by atoms with E-state index in [-0.39, 0.29) is 11.7 Å². The molecule has 2 aromatic carbocycles. The molecule has 2 aromatic rings. The maximum atomic E-state index is 11.4. The predicted octanol–water partition coefficient (Wildman–Crippen LogP) is 3.50. The van der Waals surface area contributed by atoms with Gasteiger partial charge in [0.2, 0.25) is 5.91 Å². The molecule has 4 heteroatoms. The van der Waals surface area contributed by atoms with E-state index in [2.05, 4.69) is 11.9 Å². The molecule has 0 unspecified atom stereocenters. The van der Waals surface area contributed by atoms with E-state index in [1.807, 2.05) is 37.3 Å². The van der Waals surface area contributed by atoms with Gasteiger partial charge >= 0.3 is 0 Å². The third-order valence-corrected chi connectivity index (χ3v) is 3.10. The number of aryl methyl sites for hydroxylation is 1. The molecule has 2 rings (SSSR count). The molecule has 21 heavy (non-hydrogen) atoms. The summed E-state index contributed by atoms with van der Waals surface area (Å²) in [6.07, 6.45) is 1.16. The molecular formula is C17H17NO3. The Labute approximate surface area is 123 Å². The highest BCUT2D eigenvalue weighted by Crippen LogP contribution is 2.37. The number of carbonyl (C=O) groups is 1. The number of amides is 1. The lowest BCUT2D eigenvalue weighted by Crippen LogP contribution is -2.07. The molecule has 0 atom stereocenters. The molecule has 0 saturated heterocycles. The maximum absolute atomic E-state index is 11.4. The number of anilines is 1. The molecule has 1 amide bonds. The minimum atomic E-state index is -0.364. The van der Waals surface area contributed by atoms with Crippen molar-refractivity contribution in [1.82, 2.24) is 0 Å². The van der Waals surface area contributed by atoms with E-state index in [0.29, 0.717) is 11.3 Å². The van der Waals surface area contributed by atoms with Gasteiger partial charge in [-0.15, -0.1) is 0 Å². The molecule has 0 saturated carbocycles. The highest BCUT2D eigenvalue weighted by Gasteiger charge is 2.12. The zero-order valence-electron chi connectivity index (χ0n) is 12.0. The molecule has 0 radical (unpaired) electrons. The number of phenols is 1. The van der Waals surface area contributed by atoms with Crippen LogP contribution in [0.1, 0.15) is 5.56 Å². The second-order valence-corrected chi connectivity index (χ2v) is 4.63. The number of carbonyl (C=O) groups excluding carboxylic acids is 1. The molecule has 0 aliphatic heterocycles. The van der Waals surface area contributed by atoms with Crippen LogP contribution in [0, 0.1) is 6.92 Å². The van der Waals surface area contributed by atoms with Crippen LogP contribution in [0.15, 0.2) is 49.1 Å². The number of hydrogen-bond donors (Lipinski definition) is 2. The monoisotopic (exact) mass is 283 g/mol. The first-order valence-corrected chi connectivity index (χ1v) is 6.46. The molecule has 0 heterocycles. The SMILES string of the molecule is C=CC(=O)Nc1cc(C)cc(-c2ccc(OC)cc2)c1O. The summed E-state index contributed by atoms with van der Waals surface area (Å²) in [5.74, 6) is 0.406. The quantitative estimate of drug-likeness (QED) is 0.667. The van der Waals surface area contributed by atoms with Gasteiger partial charge in [0.25, 0.3) is 0 Å². The molecule has 0 bridgehead atoms. The van der Waals surface area contributed by atoms with Crippen LogP contribution in [-0.4, -0.2) is 18.1 Å². The van der Waals surface area contributed by atoms with Gasteiger partial charge in [0.15, 0.2) is 0 Å². The molecular weight excluding hydrogens is 266 g/mol. The number of rotatable bonds is 4. The first kappa shape index (κ1) is 14.7. The highest BCUT2D eigenvalue weighted by molar-refractivity contribution is 6.01. The first-order valence-electron chi connectivity index (χ1n) is 6.46. The zero-order valence-corrected chi connectivity index (χ0v) is 12.0. The van der Waals surface area contributed by atoms with Gasteiger partial charge in [-0.25, -0.2) is 0 Å². The summed E-state index contributed by atoms with van der Waals surface area (Å²) in [7, 11) is 1.60. The number of methoxy groups -OCH3 is 1. The number of nitrogens with one attached hydrogen (secondary N) is 1. The normalized spacial score (nSPS) is 10.0. The van der Waals surface area contributed by atoms with Crippen molar-refractivity contribution >= 4 is 11.6 Å². The van der Waals surface area contributed by atoms with Gasteiger partial charge in [-0.05, 0) is 48.4 Å². The van der Waals surface area contributed by atoms with Crippen molar-refractivity contribution in [1.29, 1.82) is 0 Å². The van der Waals surface area contributed by atoms with Crippen molar-refractivity contribution in [2.45, 2.75) is 6.92 Å². The van der Waals surface area contributed by atoms with Gasteiger partial charge in [-0.3, -0.25) is 4.79 Å². The van der Waals surface area contributed by atoms with E-state index >= 15 is 0 Å². The van der Waals surface area contributed by atoms with E-state index < -0.39 is 0 Å². The summed E-state index contributed by atoms with van der Waals surface area (Å²) < 4.78 is 5.12. The van der Waals surface area contributed by atoms with E-state index in [9.17, 15) is 9.90 Å². The Kier molecular flexibility index (Phi) is 4.28. The topological polar surface area (TPSA) is 58.6 Å². The summed E-state index contributed by atoms with van der Waals surface area (Å²) in [4.78, 5) is 11.4. The molecule has 2 N–H and O–H groups in total. The third-order valence-electron chi connectivity index (χ3n) is 3.10. The minimum Gasteiger partial charge on any atom is -0.505 e. The minimum absolute atomic E-state index is 0.0287. The van der Waals surface area contributed by atoms with E-state index in [0.717, 1.165) is 23.0 Å². The highest BCUT2D eigenvalue weighted by atomic mass is 16.5. The number of benzene rings is 2. The number of hydrogen-bond acceptors (Lipinski definition) is 3. The Morgan fingerprint density at radius 2 is 1.95 bits per heavy atom. The Bertz CT molecular complexity index is 675. The summed E-state index contributed by atoms with van der Waals surface area (Å²) >= 11 is 0. The van der Waals surface area contributed by atoms with Gasteiger partial charge in [-0.2, -0.15) is 0 Å². The fourth-order valence-electron chi connectivity index (χ4n) is 2.05. The lowest BCUT2D eigenvalue weighted by Gasteiger charge is -2.12. The van der Waals surface area contributed by atoms with Crippen LogP contribution < -0.4 is 10.1 Å². The molecule has 0 aromatic heterocycles. The zero-order chi connectivity index (χ0) is 15.4. The third kappa shape index (κ3) is 3.23. The summed E-state index contributed by atoms with van der Waals surface area (Å²) in [5, 5.41) is 13.0. The van der Waals surface area contributed by atoms with E-state index in [1.165, 1.54) is 0 Å². The van der Waals surface area contributed by atoms with Crippen molar-refractivity contribution < 1.29 is 14.6 Å². The lowest BCUT2D eigenvalue weighted by molar-refractivity contribution is -0.111. The van der Waals surface area contributed by atoms with Crippen LogP contribution in [-0.2, 0) is 4.79 Å². The van der Waals surface area contributed by atoms with Crippen LogP contribution in [0.25, 0.3) is 11.1 Å². The summed E-state index contributed by atoms with van der Waals surface area (Å²) in [5.41, 5.74) is 2.78. The second kappa shape index (κ2) is 6.13. The average molecular weight is 283 g/mol. The number of phenolic OH excluding ortho intramolecular Hbond substituents is 1. The van der Waals surface area contributed by atoms with Crippen LogP contribution >= 0.6 is 0 Å². The van der Waals surface area contributed by atoms with Crippen LogP contribution in [0.3, 0.4) is 0 Å². The van der Waals surface area contributed by atoms with Gasteiger partial charge in [0.05, 0.1) is 12.8 Å². The van der Waals surface area contributed by atoms with Gasteiger partial charge < -0.3 is 15.2 Å². The fraction of sp³-hybridized carbons (Fsp3) is 0.118. The predicted molar refractivity (Wildman–Crippen MR) is 83.7 cm³/mol. The molecule has 108 valence electrons. The molecule has 0 fully saturated rings. The van der Waals surface area contributed by atoms with Crippen LogP contribution in [0.5, 0.6) is 11.5 Å². The van der Waals surface area contributed by atoms with Crippen molar-refractivity contribution in [3.05, 3.63) is 54.6 Å². The van der Waals surface area contributed by atoms with Crippen LogP contribution in [0.2, 0.25) is 0 Å². The van der Waals surface area contributed by atoms with Gasteiger partial charge in [-0.1, -0.05) is 18.7 Å². The Balaban J connectivity index is 2.47. The first-order chi connectivity index (χ1) is 10.0. The average Bonchev–Trinajstić information content (AvgIpc) is 2.50. The smallest absolute Gasteiger partial charge is 0.247 e. The Hall–Kier alpha value is -2.75. The maximum Gasteiger partial charge on any atom is 0.247 e. The molecule has 0 spiro atoms. The number of aromatic hydroxyl groups is 1. The van der Waals surface area contributed by atoms with Crippen molar-refractivity contribution in [3.8, 4) is 22.6 Å². The Morgan fingerprint density at radius 1 is 1.29 bits per heavy atom. The van der Waals surface area contributed by atoms with Crippen LogP contribution in [0.4, 0.5) is 5.69 Å². The lowest BCUT2D eigenvalue weighted by atomic mass is 10.0. The molecule has 4 nitrogen and oxygen atoms in total. The van der Waals surface area contributed by atoms with Gasteiger partial charge in [0.1, 0.15) is 11.5 Å². The van der Waals surface area contributed by atoms with Crippen molar-refractivity contribution in [3.63, 3.8) is 0 Å². The molecule has 0 aliphatic rings. The number of ether oxygens (including phenoxy) is 1. The van der Waals surface area contributed by atoms with Crippen molar-refractivity contribution in [2.75, 3.05) is 12.4 Å². The summed E-state index contributed by atoms with van der Waals surface area (Å²) in [6.45, 7) is 5.30. The molecule has 0 aliphatic carbocycles. The Morgan fingerprint density at radius 3 is 2.52 bits per heavy atom. The summed E-state index contributed by atoms with van der Waals surface area (Å²) in [6, 6.07) is 10.9. The van der Waals surface area contributed by atoms with E-state index in [1.54, 1.807) is 13.2 Å². The van der Waals surface area contributed by atoms with Crippen molar-refractivity contribution in [2.24, 2.45) is 0 Å².